The van der Waals surface area contributed by atoms with Gasteiger partial charge in [0.2, 0.25) is 11.4 Å². The van der Waals surface area contributed by atoms with E-state index in [1.54, 1.807) is 0 Å². The number of rotatable bonds is 1. The van der Waals surface area contributed by atoms with Gasteiger partial charge in [0.05, 0.1) is 0 Å². The summed E-state index contributed by atoms with van der Waals surface area (Å²) in [5.74, 6) is 0. The number of pyridine rings is 1. The Morgan fingerprint density at radius 1 is 0.708 bits per heavy atom. The van der Waals surface area contributed by atoms with E-state index in [1.807, 2.05) is 0 Å². The third-order valence-electron chi connectivity index (χ3n) is 4.84. The fourth-order valence-electron chi connectivity index (χ4n) is 3.89. The second-order valence-electron chi connectivity index (χ2n) is 6.70. The molecule has 0 radical (unpaired) electrons. The summed E-state index contributed by atoms with van der Waals surface area (Å²) in [6, 6.07) is 22.1. The zero-order valence-electron chi connectivity index (χ0n) is 14.6. The van der Waals surface area contributed by atoms with E-state index in [4.69, 9.17) is 0 Å². The molecule has 0 saturated carbocycles. The molecule has 0 unspecified atom stereocenters. The normalized spacial score (nSPS) is 13.2. The lowest BCUT2D eigenvalue weighted by Crippen LogP contribution is -2.56. The standard InChI is InChI=1S/C22H23N2/c1-16-14-17(2)23(18(3)15-16)24-21-10-6-4-8-19(21)12-13-20-9-5-7-11-22(20)24/h4-11,14-15H,12-13H2,1-3H3/q+1. The molecule has 2 aromatic carbocycles. The van der Waals surface area contributed by atoms with Crippen molar-refractivity contribution in [3.63, 3.8) is 0 Å². The quantitative estimate of drug-likeness (QED) is 0.595. The Kier molecular flexibility index (Phi) is 3.61. The van der Waals surface area contributed by atoms with E-state index in [-0.39, 0.29) is 0 Å². The molecule has 0 aliphatic carbocycles. The number of anilines is 2. The Morgan fingerprint density at radius 3 is 1.67 bits per heavy atom. The lowest BCUT2D eigenvalue weighted by molar-refractivity contribution is -0.687. The molecule has 0 bridgehead atoms. The predicted octanol–water partition coefficient (Wildman–Crippen LogP) is 4.60. The highest BCUT2D eigenvalue weighted by Gasteiger charge is 2.30. The summed E-state index contributed by atoms with van der Waals surface area (Å²) in [6.07, 6.45) is 2.16. The number of fused-ring (bicyclic) bond motifs is 2. The van der Waals surface area contributed by atoms with Gasteiger partial charge >= 0.3 is 0 Å². The molecule has 3 aromatic rings. The maximum atomic E-state index is 2.39. The van der Waals surface area contributed by atoms with Crippen molar-refractivity contribution in [2.75, 3.05) is 5.01 Å². The number of benzene rings is 2. The first-order chi connectivity index (χ1) is 11.6. The van der Waals surface area contributed by atoms with E-state index < -0.39 is 0 Å². The average Bonchev–Trinajstić information content (AvgIpc) is 2.72. The summed E-state index contributed by atoms with van der Waals surface area (Å²) in [5, 5.41) is 2.39. The van der Waals surface area contributed by atoms with Crippen LogP contribution in [0, 0.1) is 20.8 Å². The van der Waals surface area contributed by atoms with Gasteiger partial charge in [0.1, 0.15) is 11.4 Å². The summed E-state index contributed by atoms with van der Waals surface area (Å²) in [5.41, 5.74) is 9.17. The van der Waals surface area contributed by atoms with Gasteiger partial charge in [-0.05, 0) is 48.6 Å². The van der Waals surface area contributed by atoms with Crippen molar-refractivity contribution < 1.29 is 4.68 Å². The van der Waals surface area contributed by atoms with Crippen molar-refractivity contribution in [1.82, 2.24) is 0 Å². The molecule has 1 aliphatic rings. The minimum atomic E-state index is 1.08. The van der Waals surface area contributed by atoms with Crippen LogP contribution in [0.2, 0.25) is 0 Å². The van der Waals surface area contributed by atoms with Gasteiger partial charge in [0.15, 0.2) is 0 Å². The van der Waals surface area contributed by atoms with Crippen LogP contribution in [0.15, 0.2) is 60.7 Å². The van der Waals surface area contributed by atoms with Crippen molar-refractivity contribution in [3.8, 4) is 0 Å². The van der Waals surface area contributed by atoms with Crippen LogP contribution in [0.25, 0.3) is 0 Å². The first-order valence-corrected chi connectivity index (χ1v) is 8.61. The lowest BCUT2D eigenvalue weighted by Gasteiger charge is -2.22. The minimum Gasteiger partial charge on any atom is -0.115 e. The smallest absolute Gasteiger partial charge is 0.115 e. The first-order valence-electron chi connectivity index (χ1n) is 8.61. The highest BCUT2D eigenvalue weighted by Crippen LogP contribution is 2.34. The highest BCUT2D eigenvalue weighted by atomic mass is 15.6. The Morgan fingerprint density at radius 2 is 1.17 bits per heavy atom. The van der Waals surface area contributed by atoms with Gasteiger partial charge in [-0.25, -0.2) is 0 Å². The largest absolute Gasteiger partial charge is 0.210 e. The number of para-hydroxylation sites is 2. The fraction of sp³-hybridized carbons (Fsp3) is 0.227. The molecule has 0 saturated heterocycles. The van der Waals surface area contributed by atoms with Crippen LogP contribution in [0.1, 0.15) is 28.1 Å². The van der Waals surface area contributed by atoms with Gasteiger partial charge in [0.25, 0.3) is 0 Å². The Labute approximate surface area is 144 Å². The molecular weight excluding hydrogens is 292 g/mol. The molecule has 120 valence electrons. The van der Waals surface area contributed by atoms with E-state index in [2.05, 4.69) is 91.1 Å². The van der Waals surface area contributed by atoms with Crippen LogP contribution in [-0.4, -0.2) is 0 Å². The molecule has 0 amide bonds. The molecule has 0 N–H and O–H groups in total. The number of nitrogens with zero attached hydrogens (tertiary/aromatic N) is 2. The Balaban J connectivity index is 2.04. The van der Waals surface area contributed by atoms with Crippen molar-refractivity contribution in [1.29, 1.82) is 0 Å². The van der Waals surface area contributed by atoms with Gasteiger partial charge in [-0.2, -0.15) is 0 Å². The number of aromatic nitrogens is 1. The summed E-state index contributed by atoms with van der Waals surface area (Å²) >= 11 is 0. The SMILES string of the molecule is Cc1cc(C)[n+](N2c3ccccc3CCc3ccccc32)c(C)c1. The van der Waals surface area contributed by atoms with Crippen LogP contribution in [0.3, 0.4) is 0 Å². The zero-order valence-corrected chi connectivity index (χ0v) is 14.6. The van der Waals surface area contributed by atoms with Crippen LogP contribution in [0.5, 0.6) is 0 Å². The molecule has 2 heterocycles. The summed E-state index contributed by atoms with van der Waals surface area (Å²) in [4.78, 5) is 0. The Hall–Kier alpha value is -2.61. The fourth-order valence-corrected chi connectivity index (χ4v) is 3.89. The molecule has 2 heteroatoms. The van der Waals surface area contributed by atoms with Crippen molar-refractivity contribution in [2.24, 2.45) is 0 Å². The van der Waals surface area contributed by atoms with E-state index in [9.17, 15) is 0 Å². The van der Waals surface area contributed by atoms with Gasteiger partial charge in [-0.15, -0.1) is 5.01 Å². The van der Waals surface area contributed by atoms with Crippen molar-refractivity contribution in [2.45, 2.75) is 33.6 Å². The van der Waals surface area contributed by atoms with Crippen molar-refractivity contribution >= 4 is 11.4 Å². The molecule has 0 spiro atoms. The molecule has 1 aromatic heterocycles. The van der Waals surface area contributed by atoms with Gasteiger partial charge in [-0.1, -0.05) is 41.1 Å². The van der Waals surface area contributed by atoms with E-state index >= 15 is 0 Å². The third-order valence-corrected chi connectivity index (χ3v) is 4.84. The zero-order chi connectivity index (χ0) is 16.7. The Bertz CT molecular complexity index is 841. The van der Waals surface area contributed by atoms with Crippen molar-refractivity contribution in [3.05, 3.63) is 88.7 Å². The molecule has 0 atom stereocenters. The number of aryl methyl sites for hydroxylation is 5. The molecule has 4 rings (SSSR count). The summed E-state index contributed by atoms with van der Waals surface area (Å²) in [7, 11) is 0. The lowest BCUT2D eigenvalue weighted by atomic mass is 10.0. The monoisotopic (exact) mass is 315 g/mol. The van der Waals surface area contributed by atoms with E-state index in [0.717, 1.165) is 12.8 Å². The third kappa shape index (κ3) is 2.39. The molecule has 2 nitrogen and oxygen atoms in total. The van der Waals surface area contributed by atoms with Crippen LogP contribution >= 0.6 is 0 Å². The summed E-state index contributed by atoms with van der Waals surface area (Å²) in [6.45, 7) is 6.54. The van der Waals surface area contributed by atoms with E-state index in [0.29, 0.717) is 0 Å². The molecule has 24 heavy (non-hydrogen) atoms. The maximum absolute atomic E-state index is 2.39. The highest BCUT2D eigenvalue weighted by molar-refractivity contribution is 5.68. The van der Waals surface area contributed by atoms with Crippen LogP contribution < -0.4 is 9.69 Å². The summed E-state index contributed by atoms with van der Waals surface area (Å²) < 4.78 is 2.34. The number of hydrogen-bond acceptors (Lipinski definition) is 1. The first kappa shape index (κ1) is 14.9. The molecule has 1 aliphatic heterocycles. The van der Waals surface area contributed by atoms with E-state index in [1.165, 1.54) is 39.5 Å². The number of hydrogen-bond donors (Lipinski definition) is 0. The minimum absolute atomic E-state index is 1.08. The topological polar surface area (TPSA) is 7.12 Å². The predicted molar refractivity (Wildman–Crippen MR) is 98.7 cm³/mol. The van der Waals surface area contributed by atoms with Crippen LogP contribution in [-0.2, 0) is 12.8 Å². The average molecular weight is 315 g/mol. The molecule has 0 fully saturated rings. The van der Waals surface area contributed by atoms with Crippen LogP contribution in [0.4, 0.5) is 11.4 Å². The molecular formula is C22H23N2+. The second kappa shape index (κ2) is 5.79. The maximum Gasteiger partial charge on any atom is 0.210 e. The second-order valence-corrected chi connectivity index (χ2v) is 6.70. The van der Waals surface area contributed by atoms with Gasteiger partial charge < -0.3 is 0 Å². The van der Waals surface area contributed by atoms with Gasteiger partial charge in [-0.3, -0.25) is 0 Å². The van der Waals surface area contributed by atoms with Gasteiger partial charge in [0, 0.05) is 26.0 Å².